The molecule has 0 bridgehead atoms. The van der Waals surface area contributed by atoms with Gasteiger partial charge >= 0.3 is 0 Å². The van der Waals surface area contributed by atoms with Crippen molar-refractivity contribution in [2.24, 2.45) is 0 Å². The SMILES string of the molecule is CCCC(Nc1ccc([N+](=O)[O-])cc1N)c1cccs1. The van der Waals surface area contributed by atoms with Crippen LogP contribution in [-0.2, 0) is 0 Å². The Bertz CT molecular complexity index is 584. The van der Waals surface area contributed by atoms with Gasteiger partial charge in [-0.05, 0) is 23.9 Å². The van der Waals surface area contributed by atoms with Crippen molar-refractivity contribution in [3.63, 3.8) is 0 Å². The van der Waals surface area contributed by atoms with Gasteiger partial charge in [0.2, 0.25) is 0 Å². The van der Waals surface area contributed by atoms with E-state index in [9.17, 15) is 10.1 Å². The summed E-state index contributed by atoms with van der Waals surface area (Å²) in [5.41, 5.74) is 7.04. The van der Waals surface area contributed by atoms with E-state index in [0.29, 0.717) is 5.69 Å². The van der Waals surface area contributed by atoms with Crippen molar-refractivity contribution in [1.29, 1.82) is 0 Å². The van der Waals surface area contributed by atoms with Crippen LogP contribution in [0.4, 0.5) is 17.1 Å². The van der Waals surface area contributed by atoms with Crippen LogP contribution in [0, 0.1) is 10.1 Å². The molecule has 1 aromatic carbocycles. The van der Waals surface area contributed by atoms with Crippen molar-refractivity contribution < 1.29 is 4.92 Å². The molecule has 0 aliphatic rings. The highest BCUT2D eigenvalue weighted by Gasteiger charge is 2.14. The number of nitrogens with two attached hydrogens (primary N) is 1. The van der Waals surface area contributed by atoms with E-state index in [0.717, 1.165) is 18.5 Å². The number of hydrogen-bond donors (Lipinski definition) is 2. The zero-order valence-corrected chi connectivity index (χ0v) is 12.0. The first-order valence-corrected chi connectivity index (χ1v) is 7.33. The van der Waals surface area contributed by atoms with Crippen LogP contribution in [0.5, 0.6) is 0 Å². The van der Waals surface area contributed by atoms with Crippen LogP contribution in [0.3, 0.4) is 0 Å². The molecule has 2 rings (SSSR count). The van der Waals surface area contributed by atoms with Gasteiger partial charge in [0, 0.05) is 17.0 Å². The summed E-state index contributed by atoms with van der Waals surface area (Å²) in [5.74, 6) is 0. The van der Waals surface area contributed by atoms with Crippen molar-refractivity contribution in [1.82, 2.24) is 0 Å². The second-order valence-corrected chi connectivity index (χ2v) is 5.51. The molecule has 3 N–H and O–H groups in total. The Morgan fingerprint density at radius 2 is 2.25 bits per heavy atom. The predicted molar refractivity (Wildman–Crippen MR) is 83.1 cm³/mol. The molecule has 5 nitrogen and oxygen atoms in total. The van der Waals surface area contributed by atoms with Crippen LogP contribution >= 0.6 is 11.3 Å². The van der Waals surface area contributed by atoms with Crippen LogP contribution in [0.2, 0.25) is 0 Å². The highest BCUT2D eigenvalue weighted by molar-refractivity contribution is 7.10. The molecule has 0 aliphatic carbocycles. The average Bonchev–Trinajstić information content (AvgIpc) is 2.94. The number of nitrogens with one attached hydrogen (secondary N) is 1. The molecule has 0 spiro atoms. The van der Waals surface area contributed by atoms with Crippen LogP contribution < -0.4 is 11.1 Å². The fourth-order valence-electron chi connectivity index (χ4n) is 2.05. The molecule has 6 heteroatoms. The molecular formula is C14H17N3O2S. The first-order valence-electron chi connectivity index (χ1n) is 6.45. The third-order valence-corrected chi connectivity index (χ3v) is 4.03. The third-order valence-electron chi connectivity index (χ3n) is 3.04. The fraction of sp³-hybridized carbons (Fsp3) is 0.286. The first kappa shape index (κ1) is 14.3. The lowest BCUT2D eigenvalue weighted by Gasteiger charge is -2.19. The average molecular weight is 291 g/mol. The summed E-state index contributed by atoms with van der Waals surface area (Å²) in [6.07, 6.45) is 2.03. The summed E-state index contributed by atoms with van der Waals surface area (Å²) in [6, 6.07) is 8.81. The van der Waals surface area contributed by atoms with Gasteiger partial charge in [0.25, 0.3) is 5.69 Å². The fourth-order valence-corrected chi connectivity index (χ4v) is 2.86. The van der Waals surface area contributed by atoms with Crippen LogP contribution in [-0.4, -0.2) is 4.92 Å². The predicted octanol–water partition coefficient (Wildman–Crippen LogP) is 4.19. The maximum absolute atomic E-state index is 10.7. The van der Waals surface area contributed by atoms with E-state index in [1.54, 1.807) is 17.4 Å². The second-order valence-electron chi connectivity index (χ2n) is 4.53. The van der Waals surface area contributed by atoms with Crippen molar-refractivity contribution in [3.8, 4) is 0 Å². The molecule has 0 fully saturated rings. The Morgan fingerprint density at radius 1 is 1.45 bits per heavy atom. The number of thiophene rings is 1. The number of hydrogen-bond acceptors (Lipinski definition) is 5. The molecule has 1 aromatic heterocycles. The molecule has 20 heavy (non-hydrogen) atoms. The summed E-state index contributed by atoms with van der Waals surface area (Å²) in [7, 11) is 0. The summed E-state index contributed by atoms with van der Waals surface area (Å²) in [5, 5.41) is 16.1. The number of nitrogen functional groups attached to an aromatic ring is 1. The number of anilines is 2. The molecule has 0 saturated carbocycles. The number of nitro groups is 1. The van der Waals surface area contributed by atoms with Crippen molar-refractivity contribution in [2.75, 3.05) is 11.1 Å². The zero-order valence-electron chi connectivity index (χ0n) is 11.2. The molecule has 0 saturated heterocycles. The molecule has 0 amide bonds. The van der Waals surface area contributed by atoms with Gasteiger partial charge in [0.05, 0.1) is 22.3 Å². The number of nitro benzene ring substituents is 1. The van der Waals surface area contributed by atoms with Gasteiger partial charge in [-0.15, -0.1) is 11.3 Å². The molecule has 2 aromatic rings. The van der Waals surface area contributed by atoms with Crippen molar-refractivity contribution in [2.45, 2.75) is 25.8 Å². The largest absolute Gasteiger partial charge is 0.397 e. The van der Waals surface area contributed by atoms with E-state index < -0.39 is 4.92 Å². The molecule has 1 atom stereocenters. The third kappa shape index (κ3) is 3.27. The Hall–Kier alpha value is -2.08. The number of non-ortho nitro benzene ring substituents is 1. The Morgan fingerprint density at radius 3 is 2.80 bits per heavy atom. The molecule has 1 heterocycles. The van der Waals surface area contributed by atoms with E-state index in [4.69, 9.17) is 5.73 Å². The summed E-state index contributed by atoms with van der Waals surface area (Å²) < 4.78 is 0. The normalized spacial score (nSPS) is 12.1. The van der Waals surface area contributed by atoms with E-state index >= 15 is 0 Å². The zero-order chi connectivity index (χ0) is 14.5. The lowest BCUT2D eigenvalue weighted by atomic mass is 10.1. The lowest BCUT2D eigenvalue weighted by molar-refractivity contribution is -0.384. The molecule has 1 unspecified atom stereocenters. The standard InChI is InChI=1S/C14H17N3O2S/c1-2-4-13(14-5-3-8-20-14)16-12-7-6-10(17(18)19)9-11(12)15/h3,5-9,13,16H,2,4,15H2,1H3. The van der Waals surface area contributed by atoms with Gasteiger partial charge in [-0.2, -0.15) is 0 Å². The van der Waals surface area contributed by atoms with Crippen molar-refractivity contribution >= 4 is 28.4 Å². The topological polar surface area (TPSA) is 81.2 Å². The summed E-state index contributed by atoms with van der Waals surface area (Å²) >= 11 is 1.69. The summed E-state index contributed by atoms with van der Waals surface area (Å²) in [4.78, 5) is 11.5. The maximum Gasteiger partial charge on any atom is 0.271 e. The Labute approximate surface area is 121 Å². The van der Waals surface area contributed by atoms with Crippen molar-refractivity contribution in [3.05, 3.63) is 50.7 Å². The van der Waals surface area contributed by atoms with Gasteiger partial charge in [0.15, 0.2) is 0 Å². The van der Waals surface area contributed by atoms with Gasteiger partial charge < -0.3 is 11.1 Å². The molecular weight excluding hydrogens is 274 g/mol. The summed E-state index contributed by atoms with van der Waals surface area (Å²) in [6.45, 7) is 2.13. The van der Waals surface area contributed by atoms with Crippen LogP contribution in [0.15, 0.2) is 35.7 Å². The van der Waals surface area contributed by atoms with Gasteiger partial charge in [-0.25, -0.2) is 0 Å². The number of nitrogens with zero attached hydrogens (tertiary/aromatic N) is 1. The molecule has 0 aliphatic heterocycles. The smallest absolute Gasteiger partial charge is 0.271 e. The lowest BCUT2D eigenvalue weighted by Crippen LogP contribution is -2.10. The second kappa shape index (κ2) is 6.38. The first-order chi connectivity index (χ1) is 9.61. The number of rotatable bonds is 6. The Balaban J connectivity index is 2.21. The van der Waals surface area contributed by atoms with Gasteiger partial charge in [-0.3, -0.25) is 10.1 Å². The van der Waals surface area contributed by atoms with Gasteiger partial charge in [-0.1, -0.05) is 19.4 Å². The molecule has 106 valence electrons. The minimum absolute atomic E-state index is 0.0104. The van der Waals surface area contributed by atoms with E-state index in [2.05, 4.69) is 18.3 Å². The maximum atomic E-state index is 10.7. The Kier molecular flexibility index (Phi) is 4.57. The monoisotopic (exact) mass is 291 g/mol. The highest BCUT2D eigenvalue weighted by Crippen LogP contribution is 2.31. The number of benzene rings is 1. The van der Waals surface area contributed by atoms with Crippen LogP contribution in [0.1, 0.15) is 30.7 Å². The van der Waals surface area contributed by atoms with E-state index in [1.807, 2.05) is 11.4 Å². The van der Waals surface area contributed by atoms with E-state index in [-0.39, 0.29) is 11.7 Å². The minimum Gasteiger partial charge on any atom is -0.397 e. The van der Waals surface area contributed by atoms with Gasteiger partial charge in [0.1, 0.15) is 0 Å². The quantitative estimate of drug-likeness (QED) is 0.475. The van der Waals surface area contributed by atoms with Crippen LogP contribution in [0.25, 0.3) is 0 Å². The van der Waals surface area contributed by atoms with E-state index in [1.165, 1.54) is 17.0 Å². The highest BCUT2D eigenvalue weighted by atomic mass is 32.1. The molecule has 0 radical (unpaired) electrons. The minimum atomic E-state index is -0.442.